The molecule has 0 amide bonds. The molecule has 2 aromatic rings. The maximum Gasteiger partial charge on any atom is 0.161 e. The van der Waals surface area contributed by atoms with E-state index in [-0.39, 0.29) is 0 Å². The minimum atomic E-state index is 0.677. The molecule has 2 heterocycles. The third-order valence-electron chi connectivity index (χ3n) is 3.26. The van der Waals surface area contributed by atoms with Gasteiger partial charge in [-0.3, -0.25) is 4.68 Å². The van der Waals surface area contributed by atoms with Gasteiger partial charge in [0.1, 0.15) is 5.69 Å². The minimum Gasteiger partial charge on any atom is -0.490 e. The summed E-state index contributed by atoms with van der Waals surface area (Å²) in [4.78, 5) is 0. The van der Waals surface area contributed by atoms with Gasteiger partial charge in [0, 0.05) is 24.7 Å². The van der Waals surface area contributed by atoms with Crippen molar-refractivity contribution in [3.8, 4) is 22.8 Å². The van der Waals surface area contributed by atoms with Crippen molar-refractivity contribution >= 4 is 5.69 Å². The van der Waals surface area contributed by atoms with Gasteiger partial charge >= 0.3 is 0 Å². The third kappa shape index (κ3) is 2.43. The van der Waals surface area contributed by atoms with Gasteiger partial charge in [-0.05, 0) is 24.6 Å². The van der Waals surface area contributed by atoms with Crippen molar-refractivity contribution in [3.63, 3.8) is 0 Å². The highest BCUT2D eigenvalue weighted by Crippen LogP contribution is 2.35. The van der Waals surface area contributed by atoms with Crippen molar-refractivity contribution in [2.75, 3.05) is 18.9 Å². The van der Waals surface area contributed by atoms with E-state index >= 15 is 0 Å². The number of benzene rings is 1. The van der Waals surface area contributed by atoms with Gasteiger partial charge in [0.05, 0.1) is 18.9 Å². The van der Waals surface area contributed by atoms with Gasteiger partial charge in [-0.2, -0.15) is 5.10 Å². The second-order valence-corrected chi connectivity index (χ2v) is 4.91. The topological polar surface area (TPSA) is 62.3 Å². The number of nitrogen functional groups attached to an aromatic ring is 1. The summed E-state index contributed by atoms with van der Waals surface area (Å²) in [5.41, 5.74) is 8.50. The van der Waals surface area contributed by atoms with Crippen molar-refractivity contribution in [3.05, 3.63) is 24.4 Å². The van der Waals surface area contributed by atoms with Gasteiger partial charge in [-0.15, -0.1) is 0 Å². The molecule has 5 nitrogen and oxygen atoms in total. The highest BCUT2D eigenvalue weighted by molar-refractivity contribution is 5.74. The van der Waals surface area contributed by atoms with Crippen LogP contribution < -0.4 is 15.2 Å². The predicted octanol–water partition coefficient (Wildman–Crippen LogP) is 2.70. The molecule has 5 heteroatoms. The minimum absolute atomic E-state index is 0.677. The Morgan fingerprint density at radius 2 is 2.05 bits per heavy atom. The molecule has 0 spiro atoms. The van der Waals surface area contributed by atoms with Crippen LogP contribution in [0.5, 0.6) is 11.5 Å². The van der Waals surface area contributed by atoms with Gasteiger partial charge < -0.3 is 15.2 Å². The molecule has 0 radical (unpaired) electrons. The normalized spacial score (nSPS) is 14.1. The number of hydrogen-bond donors (Lipinski definition) is 1. The number of hydrogen-bond acceptors (Lipinski definition) is 4. The Labute approximate surface area is 118 Å². The van der Waals surface area contributed by atoms with Crippen LogP contribution in [-0.4, -0.2) is 23.0 Å². The zero-order valence-electron chi connectivity index (χ0n) is 11.6. The molecule has 0 saturated carbocycles. The van der Waals surface area contributed by atoms with Crippen LogP contribution in [0.25, 0.3) is 11.3 Å². The highest BCUT2D eigenvalue weighted by atomic mass is 16.5. The van der Waals surface area contributed by atoms with Crippen molar-refractivity contribution in [1.82, 2.24) is 9.78 Å². The standard InChI is InChI=1S/C15H19N3O2/c1-2-6-18-10-12(16)15(17-18)11-4-5-13-14(9-11)20-8-3-7-19-13/h4-5,9-10H,2-3,6-8,16H2,1H3. The first kappa shape index (κ1) is 12.8. The van der Waals surface area contributed by atoms with Crippen LogP contribution in [0, 0.1) is 0 Å². The average Bonchev–Trinajstić information content (AvgIpc) is 2.68. The Morgan fingerprint density at radius 3 is 2.85 bits per heavy atom. The highest BCUT2D eigenvalue weighted by Gasteiger charge is 2.14. The smallest absolute Gasteiger partial charge is 0.161 e. The molecular formula is C15H19N3O2. The lowest BCUT2D eigenvalue weighted by Gasteiger charge is -2.08. The molecule has 2 N–H and O–H groups in total. The summed E-state index contributed by atoms with van der Waals surface area (Å²) >= 11 is 0. The number of rotatable bonds is 3. The number of aryl methyl sites for hydroxylation is 1. The summed E-state index contributed by atoms with van der Waals surface area (Å²) < 4.78 is 13.2. The summed E-state index contributed by atoms with van der Waals surface area (Å²) in [6, 6.07) is 5.85. The molecule has 106 valence electrons. The molecule has 1 aromatic carbocycles. The second-order valence-electron chi connectivity index (χ2n) is 4.91. The van der Waals surface area contributed by atoms with Crippen LogP contribution in [0.2, 0.25) is 0 Å². The molecule has 0 bridgehead atoms. The van der Waals surface area contributed by atoms with Crippen LogP contribution in [-0.2, 0) is 6.54 Å². The fourth-order valence-electron chi connectivity index (χ4n) is 2.32. The maximum absolute atomic E-state index is 6.06. The van der Waals surface area contributed by atoms with Gasteiger partial charge in [-0.25, -0.2) is 0 Å². The Kier molecular flexibility index (Phi) is 3.50. The van der Waals surface area contributed by atoms with E-state index in [0.29, 0.717) is 18.9 Å². The number of anilines is 1. The van der Waals surface area contributed by atoms with E-state index in [4.69, 9.17) is 15.2 Å². The quantitative estimate of drug-likeness (QED) is 0.934. The second kappa shape index (κ2) is 5.45. The molecule has 0 saturated heterocycles. The van der Waals surface area contributed by atoms with Crippen LogP contribution in [0.15, 0.2) is 24.4 Å². The van der Waals surface area contributed by atoms with Gasteiger partial charge in [0.2, 0.25) is 0 Å². The molecule has 1 aliphatic rings. The Bertz CT molecular complexity index is 607. The molecule has 0 aliphatic carbocycles. The Hall–Kier alpha value is -2.17. The lowest BCUT2D eigenvalue weighted by Crippen LogP contribution is -1.97. The molecule has 3 rings (SSSR count). The van der Waals surface area contributed by atoms with Crippen molar-refractivity contribution in [2.45, 2.75) is 26.3 Å². The van der Waals surface area contributed by atoms with Crippen LogP contribution in [0.4, 0.5) is 5.69 Å². The van der Waals surface area contributed by atoms with E-state index in [1.807, 2.05) is 29.1 Å². The molecular weight excluding hydrogens is 254 g/mol. The summed E-state index contributed by atoms with van der Waals surface area (Å²) in [5, 5.41) is 4.54. The molecule has 1 aromatic heterocycles. The maximum atomic E-state index is 6.06. The van der Waals surface area contributed by atoms with E-state index in [9.17, 15) is 0 Å². The Morgan fingerprint density at radius 1 is 1.25 bits per heavy atom. The number of nitrogens with zero attached hydrogens (tertiary/aromatic N) is 2. The molecule has 0 unspecified atom stereocenters. The number of aromatic nitrogens is 2. The molecule has 0 atom stereocenters. The monoisotopic (exact) mass is 273 g/mol. The largest absolute Gasteiger partial charge is 0.490 e. The lowest BCUT2D eigenvalue weighted by atomic mass is 10.1. The van der Waals surface area contributed by atoms with Gasteiger partial charge in [-0.1, -0.05) is 6.92 Å². The number of fused-ring (bicyclic) bond motifs is 1. The summed E-state index contributed by atoms with van der Waals surface area (Å²) in [5.74, 6) is 1.56. The van der Waals surface area contributed by atoms with Crippen molar-refractivity contribution in [1.29, 1.82) is 0 Å². The first-order valence-electron chi connectivity index (χ1n) is 7.01. The zero-order valence-corrected chi connectivity index (χ0v) is 11.6. The van der Waals surface area contributed by atoms with E-state index in [1.54, 1.807) is 0 Å². The fourth-order valence-corrected chi connectivity index (χ4v) is 2.32. The van der Waals surface area contributed by atoms with E-state index < -0.39 is 0 Å². The predicted molar refractivity (Wildman–Crippen MR) is 78.0 cm³/mol. The summed E-state index contributed by atoms with van der Waals surface area (Å²) in [7, 11) is 0. The fraction of sp³-hybridized carbons (Fsp3) is 0.400. The van der Waals surface area contributed by atoms with E-state index in [2.05, 4.69) is 12.0 Å². The first-order valence-corrected chi connectivity index (χ1v) is 7.01. The van der Waals surface area contributed by atoms with E-state index in [0.717, 1.165) is 42.1 Å². The van der Waals surface area contributed by atoms with Crippen LogP contribution >= 0.6 is 0 Å². The summed E-state index contributed by atoms with van der Waals surface area (Å²) in [6.07, 6.45) is 3.81. The Balaban J connectivity index is 1.96. The first-order chi connectivity index (χ1) is 9.78. The summed E-state index contributed by atoms with van der Waals surface area (Å²) in [6.45, 7) is 4.36. The molecule has 1 aliphatic heterocycles. The lowest BCUT2D eigenvalue weighted by molar-refractivity contribution is 0.297. The number of nitrogens with two attached hydrogens (primary N) is 1. The van der Waals surface area contributed by atoms with Gasteiger partial charge in [0.15, 0.2) is 11.5 Å². The van der Waals surface area contributed by atoms with Gasteiger partial charge in [0.25, 0.3) is 0 Å². The SMILES string of the molecule is CCCn1cc(N)c(-c2ccc3c(c2)OCCCO3)n1. The average molecular weight is 273 g/mol. The molecule has 20 heavy (non-hydrogen) atoms. The third-order valence-corrected chi connectivity index (χ3v) is 3.26. The van der Waals surface area contributed by atoms with Crippen molar-refractivity contribution < 1.29 is 9.47 Å². The van der Waals surface area contributed by atoms with Crippen molar-refractivity contribution in [2.24, 2.45) is 0 Å². The number of ether oxygens (including phenoxy) is 2. The van der Waals surface area contributed by atoms with Crippen LogP contribution in [0.3, 0.4) is 0 Å². The van der Waals surface area contributed by atoms with Crippen LogP contribution in [0.1, 0.15) is 19.8 Å². The zero-order chi connectivity index (χ0) is 13.9. The van der Waals surface area contributed by atoms with E-state index in [1.165, 1.54) is 0 Å². The molecule has 0 fully saturated rings.